The highest BCUT2D eigenvalue weighted by atomic mass is 16.5. The fourth-order valence-electron chi connectivity index (χ4n) is 2.67. The quantitative estimate of drug-likeness (QED) is 0.791. The Labute approximate surface area is 113 Å². The molecule has 0 saturated carbocycles. The molecule has 0 amide bonds. The number of likely N-dealkylation sites (tertiary alicyclic amines) is 1. The molecule has 1 aliphatic heterocycles. The van der Waals surface area contributed by atoms with Crippen molar-refractivity contribution in [3.8, 4) is 0 Å². The molecular weight excluding hydrogens is 224 g/mol. The van der Waals surface area contributed by atoms with E-state index in [0.717, 1.165) is 13.2 Å². The van der Waals surface area contributed by atoms with Crippen molar-refractivity contribution in [3.05, 3.63) is 0 Å². The fourth-order valence-corrected chi connectivity index (χ4v) is 2.67. The van der Waals surface area contributed by atoms with E-state index in [1.54, 1.807) is 0 Å². The zero-order valence-electron chi connectivity index (χ0n) is 13.0. The zero-order chi connectivity index (χ0) is 13.6. The van der Waals surface area contributed by atoms with Crippen molar-refractivity contribution in [2.75, 3.05) is 26.2 Å². The number of nitrogens with zero attached hydrogens (tertiary/aromatic N) is 1. The molecule has 0 spiro atoms. The van der Waals surface area contributed by atoms with Crippen LogP contribution in [0.25, 0.3) is 0 Å². The fraction of sp³-hybridized carbons (Fsp3) is 1.00. The summed E-state index contributed by atoms with van der Waals surface area (Å²) in [6.45, 7) is 15.2. The van der Waals surface area contributed by atoms with Crippen molar-refractivity contribution in [2.45, 2.75) is 71.6 Å². The minimum atomic E-state index is -0.0429. The van der Waals surface area contributed by atoms with Gasteiger partial charge in [0, 0.05) is 25.2 Å². The Morgan fingerprint density at radius 2 is 2.00 bits per heavy atom. The zero-order valence-corrected chi connectivity index (χ0v) is 13.0. The van der Waals surface area contributed by atoms with Crippen LogP contribution in [-0.4, -0.2) is 48.8 Å². The van der Waals surface area contributed by atoms with Gasteiger partial charge in [0.1, 0.15) is 0 Å². The van der Waals surface area contributed by atoms with Gasteiger partial charge in [-0.05, 0) is 67.0 Å². The lowest BCUT2D eigenvalue weighted by Crippen LogP contribution is -2.43. The van der Waals surface area contributed by atoms with E-state index in [4.69, 9.17) is 4.74 Å². The molecule has 1 heterocycles. The minimum absolute atomic E-state index is 0.0429. The summed E-state index contributed by atoms with van der Waals surface area (Å²) in [6, 6.07) is 1.34. The third-order valence-electron chi connectivity index (χ3n) is 3.84. The van der Waals surface area contributed by atoms with Crippen LogP contribution in [0.15, 0.2) is 0 Å². The summed E-state index contributed by atoms with van der Waals surface area (Å²) in [5.74, 6) is 0. The predicted molar refractivity (Wildman–Crippen MR) is 78.1 cm³/mol. The first-order valence-electron chi connectivity index (χ1n) is 7.56. The standard InChI is InChI=1S/C15H32N2O/c1-6-18-15(4,5)12-16-14-8-7-10-17(11-9-14)13(2)3/h13-14,16H,6-12H2,1-5H3. The predicted octanol–water partition coefficient (Wildman–Crippen LogP) is 2.65. The van der Waals surface area contributed by atoms with Gasteiger partial charge in [0.05, 0.1) is 5.60 Å². The average molecular weight is 256 g/mol. The number of rotatable bonds is 6. The molecule has 0 bridgehead atoms. The molecule has 1 unspecified atom stereocenters. The molecule has 0 aromatic rings. The van der Waals surface area contributed by atoms with Gasteiger partial charge >= 0.3 is 0 Å². The number of ether oxygens (including phenoxy) is 1. The molecule has 108 valence electrons. The van der Waals surface area contributed by atoms with E-state index in [0.29, 0.717) is 12.1 Å². The van der Waals surface area contributed by atoms with E-state index in [2.05, 4.69) is 44.8 Å². The van der Waals surface area contributed by atoms with Crippen LogP contribution in [-0.2, 0) is 4.74 Å². The van der Waals surface area contributed by atoms with Crippen LogP contribution in [0.5, 0.6) is 0 Å². The molecular formula is C15H32N2O. The summed E-state index contributed by atoms with van der Waals surface area (Å²) in [4.78, 5) is 2.59. The first-order valence-corrected chi connectivity index (χ1v) is 7.56. The molecule has 0 aliphatic carbocycles. The third kappa shape index (κ3) is 5.68. The van der Waals surface area contributed by atoms with Crippen LogP contribution < -0.4 is 5.32 Å². The lowest BCUT2D eigenvalue weighted by molar-refractivity contribution is -0.0108. The van der Waals surface area contributed by atoms with Crippen LogP contribution in [0, 0.1) is 0 Å². The van der Waals surface area contributed by atoms with E-state index in [1.807, 2.05) is 0 Å². The SMILES string of the molecule is CCOC(C)(C)CNC1CCCN(C(C)C)CC1. The van der Waals surface area contributed by atoms with Crippen molar-refractivity contribution in [3.63, 3.8) is 0 Å². The molecule has 1 aliphatic rings. The average Bonchev–Trinajstić information content (AvgIpc) is 2.51. The second-order valence-corrected chi connectivity index (χ2v) is 6.33. The lowest BCUT2D eigenvalue weighted by Gasteiger charge is -2.28. The number of hydrogen-bond donors (Lipinski definition) is 1. The van der Waals surface area contributed by atoms with Crippen molar-refractivity contribution in [2.24, 2.45) is 0 Å². The summed E-state index contributed by atoms with van der Waals surface area (Å²) in [5, 5.41) is 3.69. The van der Waals surface area contributed by atoms with Crippen molar-refractivity contribution >= 4 is 0 Å². The second kappa shape index (κ2) is 7.46. The smallest absolute Gasteiger partial charge is 0.0750 e. The molecule has 0 radical (unpaired) electrons. The highest BCUT2D eigenvalue weighted by molar-refractivity contribution is 4.80. The van der Waals surface area contributed by atoms with Crippen LogP contribution in [0.1, 0.15) is 53.9 Å². The molecule has 1 fully saturated rings. The molecule has 1 N–H and O–H groups in total. The van der Waals surface area contributed by atoms with Gasteiger partial charge in [-0.15, -0.1) is 0 Å². The lowest BCUT2D eigenvalue weighted by atomic mass is 10.1. The molecule has 1 saturated heterocycles. The highest BCUT2D eigenvalue weighted by Crippen LogP contribution is 2.15. The Hall–Kier alpha value is -0.120. The maximum Gasteiger partial charge on any atom is 0.0750 e. The first kappa shape index (κ1) is 15.9. The molecule has 3 nitrogen and oxygen atoms in total. The van der Waals surface area contributed by atoms with Gasteiger partial charge in [-0.3, -0.25) is 0 Å². The van der Waals surface area contributed by atoms with Crippen molar-refractivity contribution in [1.82, 2.24) is 10.2 Å². The van der Waals surface area contributed by atoms with E-state index in [1.165, 1.54) is 32.4 Å². The Morgan fingerprint density at radius 3 is 2.61 bits per heavy atom. The third-order valence-corrected chi connectivity index (χ3v) is 3.84. The van der Waals surface area contributed by atoms with Crippen LogP contribution in [0.4, 0.5) is 0 Å². The maximum absolute atomic E-state index is 5.74. The monoisotopic (exact) mass is 256 g/mol. The molecule has 0 aromatic carbocycles. The van der Waals surface area contributed by atoms with E-state index < -0.39 is 0 Å². The minimum Gasteiger partial charge on any atom is -0.375 e. The van der Waals surface area contributed by atoms with Crippen LogP contribution >= 0.6 is 0 Å². The maximum atomic E-state index is 5.74. The van der Waals surface area contributed by atoms with Gasteiger partial charge < -0.3 is 15.0 Å². The Balaban J connectivity index is 2.31. The van der Waals surface area contributed by atoms with E-state index in [9.17, 15) is 0 Å². The van der Waals surface area contributed by atoms with Gasteiger partial charge in [-0.25, -0.2) is 0 Å². The largest absolute Gasteiger partial charge is 0.375 e. The number of nitrogens with one attached hydrogen (secondary N) is 1. The Bertz CT molecular complexity index is 229. The van der Waals surface area contributed by atoms with Gasteiger partial charge in [-0.1, -0.05) is 0 Å². The molecule has 1 rings (SSSR count). The molecule has 1 atom stereocenters. The van der Waals surface area contributed by atoms with E-state index >= 15 is 0 Å². The summed E-state index contributed by atoms with van der Waals surface area (Å²) < 4.78 is 5.74. The summed E-state index contributed by atoms with van der Waals surface area (Å²) in [7, 11) is 0. The van der Waals surface area contributed by atoms with Crippen LogP contribution in [0.3, 0.4) is 0 Å². The summed E-state index contributed by atoms with van der Waals surface area (Å²) in [6.07, 6.45) is 3.87. The summed E-state index contributed by atoms with van der Waals surface area (Å²) in [5.41, 5.74) is -0.0429. The van der Waals surface area contributed by atoms with Crippen LogP contribution in [0.2, 0.25) is 0 Å². The van der Waals surface area contributed by atoms with Crippen molar-refractivity contribution < 1.29 is 4.74 Å². The molecule has 3 heteroatoms. The first-order chi connectivity index (χ1) is 8.44. The second-order valence-electron chi connectivity index (χ2n) is 6.33. The molecule has 18 heavy (non-hydrogen) atoms. The summed E-state index contributed by atoms with van der Waals surface area (Å²) >= 11 is 0. The van der Waals surface area contributed by atoms with Gasteiger partial charge in [0.25, 0.3) is 0 Å². The van der Waals surface area contributed by atoms with Gasteiger partial charge in [-0.2, -0.15) is 0 Å². The Morgan fingerprint density at radius 1 is 1.28 bits per heavy atom. The Kier molecular flexibility index (Phi) is 6.61. The van der Waals surface area contributed by atoms with Crippen molar-refractivity contribution in [1.29, 1.82) is 0 Å². The molecule has 0 aromatic heterocycles. The normalized spacial score (nSPS) is 23.3. The van der Waals surface area contributed by atoms with Gasteiger partial charge in [0.15, 0.2) is 0 Å². The topological polar surface area (TPSA) is 24.5 Å². The van der Waals surface area contributed by atoms with Gasteiger partial charge in [0.2, 0.25) is 0 Å². The van der Waals surface area contributed by atoms with E-state index in [-0.39, 0.29) is 5.60 Å². The highest BCUT2D eigenvalue weighted by Gasteiger charge is 2.22. The number of hydrogen-bond acceptors (Lipinski definition) is 3.